The molecule has 0 saturated heterocycles. The summed E-state index contributed by atoms with van der Waals surface area (Å²) < 4.78 is 54.2. The van der Waals surface area contributed by atoms with Gasteiger partial charge in [-0.3, -0.25) is 0 Å². The Hall–Kier alpha value is -2.54. The number of fused-ring (bicyclic) bond motifs is 1. The zero-order valence-electron chi connectivity index (χ0n) is 14.5. The summed E-state index contributed by atoms with van der Waals surface area (Å²) in [6.45, 7) is 0. The molecule has 29 heavy (non-hydrogen) atoms. The van der Waals surface area contributed by atoms with E-state index < -0.39 is 26.4 Å². The molecule has 146 valence electrons. The van der Waals surface area contributed by atoms with Gasteiger partial charge in [-0.05, 0) is 35.9 Å². The number of sulfone groups is 1. The molecule has 0 N–H and O–H groups in total. The second-order valence-electron chi connectivity index (χ2n) is 6.24. The third kappa shape index (κ3) is 3.59. The van der Waals surface area contributed by atoms with Gasteiger partial charge in [0.25, 0.3) is 0 Å². The molecule has 0 aliphatic carbocycles. The molecule has 0 unspecified atom stereocenters. The van der Waals surface area contributed by atoms with Crippen molar-refractivity contribution in [2.24, 2.45) is 0 Å². The van der Waals surface area contributed by atoms with E-state index in [9.17, 15) is 17.2 Å². The van der Waals surface area contributed by atoms with E-state index in [1.165, 1.54) is 0 Å². The highest BCUT2D eigenvalue weighted by atomic mass is 35.5. The standard InChI is InChI=1S/C21H11Cl2F2NO2S/c22-13-7-5-12(6-8-13)19-17-3-1-2-4-18(17)26-21(23)20(19)29(27,28)16-10-14(24)9-15(25)11-16/h1-11H. The van der Waals surface area contributed by atoms with Gasteiger partial charge in [0.05, 0.1) is 10.4 Å². The van der Waals surface area contributed by atoms with Crippen molar-refractivity contribution in [3.8, 4) is 11.1 Å². The van der Waals surface area contributed by atoms with Crippen LogP contribution >= 0.6 is 23.2 Å². The van der Waals surface area contributed by atoms with E-state index in [0.29, 0.717) is 27.6 Å². The summed E-state index contributed by atoms with van der Waals surface area (Å²) in [6, 6.07) is 15.5. The first-order valence-corrected chi connectivity index (χ1v) is 10.6. The molecule has 3 aromatic carbocycles. The molecule has 0 aliphatic heterocycles. The molecule has 1 aromatic heterocycles. The average molecular weight is 450 g/mol. The molecule has 1 heterocycles. The largest absolute Gasteiger partial charge is 0.235 e. The summed E-state index contributed by atoms with van der Waals surface area (Å²) in [5.41, 5.74) is 1.28. The van der Waals surface area contributed by atoms with Crippen LogP contribution in [0.25, 0.3) is 22.0 Å². The number of aromatic nitrogens is 1. The molecule has 0 bridgehead atoms. The van der Waals surface area contributed by atoms with Gasteiger partial charge >= 0.3 is 0 Å². The molecule has 0 spiro atoms. The molecule has 4 rings (SSSR count). The van der Waals surface area contributed by atoms with Gasteiger partial charge in [0, 0.05) is 22.0 Å². The van der Waals surface area contributed by atoms with E-state index in [-0.39, 0.29) is 15.6 Å². The number of nitrogens with zero attached hydrogens (tertiary/aromatic N) is 1. The summed E-state index contributed by atoms with van der Waals surface area (Å²) in [7, 11) is -4.40. The highest BCUT2D eigenvalue weighted by molar-refractivity contribution is 7.91. The lowest BCUT2D eigenvalue weighted by Crippen LogP contribution is -2.08. The fourth-order valence-electron chi connectivity index (χ4n) is 3.11. The SMILES string of the molecule is O=S(=O)(c1cc(F)cc(F)c1)c1c(Cl)nc2ccccc2c1-c1ccc(Cl)cc1. The molecule has 0 amide bonds. The van der Waals surface area contributed by atoms with Crippen molar-refractivity contribution in [2.45, 2.75) is 9.79 Å². The van der Waals surface area contributed by atoms with Crippen LogP contribution in [-0.4, -0.2) is 13.4 Å². The quantitative estimate of drug-likeness (QED) is 0.343. The maximum absolute atomic E-state index is 13.7. The number of hydrogen-bond donors (Lipinski definition) is 0. The van der Waals surface area contributed by atoms with Crippen LogP contribution in [0.5, 0.6) is 0 Å². The van der Waals surface area contributed by atoms with Gasteiger partial charge in [-0.15, -0.1) is 0 Å². The fraction of sp³-hybridized carbons (Fsp3) is 0. The zero-order chi connectivity index (χ0) is 20.8. The maximum Gasteiger partial charge on any atom is 0.210 e. The van der Waals surface area contributed by atoms with Crippen LogP contribution in [0.2, 0.25) is 10.2 Å². The van der Waals surface area contributed by atoms with Crippen LogP contribution in [0.3, 0.4) is 0 Å². The zero-order valence-corrected chi connectivity index (χ0v) is 16.9. The van der Waals surface area contributed by atoms with Crippen molar-refractivity contribution in [1.29, 1.82) is 0 Å². The Morgan fingerprint density at radius 1 is 0.828 bits per heavy atom. The number of para-hydroxylation sites is 1. The van der Waals surface area contributed by atoms with E-state index in [4.69, 9.17) is 23.2 Å². The molecular weight excluding hydrogens is 439 g/mol. The van der Waals surface area contributed by atoms with Gasteiger partial charge in [-0.1, -0.05) is 53.5 Å². The van der Waals surface area contributed by atoms with Gasteiger partial charge in [0.1, 0.15) is 21.7 Å². The van der Waals surface area contributed by atoms with Crippen LogP contribution in [0.4, 0.5) is 8.78 Å². The summed E-state index contributed by atoms with van der Waals surface area (Å²) in [5, 5.41) is 0.697. The summed E-state index contributed by atoms with van der Waals surface area (Å²) in [6.07, 6.45) is 0. The van der Waals surface area contributed by atoms with Crippen LogP contribution in [-0.2, 0) is 9.84 Å². The normalized spacial score (nSPS) is 11.7. The van der Waals surface area contributed by atoms with E-state index in [2.05, 4.69) is 4.98 Å². The first kappa shape index (κ1) is 19.8. The van der Waals surface area contributed by atoms with Crippen LogP contribution in [0.1, 0.15) is 0 Å². The minimum atomic E-state index is -4.40. The fourth-order valence-corrected chi connectivity index (χ4v) is 5.27. The number of hydrogen-bond acceptors (Lipinski definition) is 3. The molecular formula is C21H11Cl2F2NO2S. The monoisotopic (exact) mass is 449 g/mol. The van der Waals surface area contributed by atoms with Gasteiger partial charge in [0.15, 0.2) is 0 Å². The van der Waals surface area contributed by atoms with E-state index in [0.717, 1.165) is 12.1 Å². The highest BCUT2D eigenvalue weighted by Gasteiger charge is 2.29. The Morgan fingerprint density at radius 2 is 1.45 bits per heavy atom. The minimum absolute atomic E-state index is 0.280. The van der Waals surface area contributed by atoms with Crippen molar-refractivity contribution >= 4 is 43.9 Å². The number of halogens is 4. The number of pyridine rings is 1. The lowest BCUT2D eigenvalue weighted by molar-refractivity contribution is 0.567. The van der Waals surface area contributed by atoms with Crippen molar-refractivity contribution in [1.82, 2.24) is 4.98 Å². The Morgan fingerprint density at radius 3 is 2.10 bits per heavy atom. The number of benzene rings is 3. The average Bonchev–Trinajstić information content (AvgIpc) is 2.66. The molecule has 0 aliphatic rings. The van der Waals surface area contributed by atoms with Gasteiger partial charge < -0.3 is 0 Å². The van der Waals surface area contributed by atoms with Crippen molar-refractivity contribution in [2.75, 3.05) is 0 Å². The van der Waals surface area contributed by atoms with Gasteiger partial charge in [0.2, 0.25) is 9.84 Å². The molecule has 3 nitrogen and oxygen atoms in total. The molecule has 0 fully saturated rings. The summed E-state index contributed by atoms with van der Waals surface area (Å²) in [5.74, 6) is -2.03. The van der Waals surface area contributed by atoms with E-state index >= 15 is 0 Å². The van der Waals surface area contributed by atoms with Gasteiger partial charge in [-0.2, -0.15) is 0 Å². The topological polar surface area (TPSA) is 47.0 Å². The number of rotatable bonds is 3. The van der Waals surface area contributed by atoms with Crippen LogP contribution < -0.4 is 0 Å². The second-order valence-corrected chi connectivity index (χ2v) is 8.92. The van der Waals surface area contributed by atoms with Crippen molar-refractivity contribution in [3.63, 3.8) is 0 Å². The predicted octanol–water partition coefficient (Wildman–Crippen LogP) is 6.32. The van der Waals surface area contributed by atoms with Gasteiger partial charge in [-0.25, -0.2) is 22.2 Å². The molecule has 4 aromatic rings. The maximum atomic E-state index is 13.7. The first-order chi connectivity index (χ1) is 13.8. The molecule has 0 radical (unpaired) electrons. The van der Waals surface area contributed by atoms with Crippen molar-refractivity contribution < 1.29 is 17.2 Å². The molecule has 8 heteroatoms. The van der Waals surface area contributed by atoms with Crippen LogP contribution in [0.15, 0.2) is 76.5 Å². The minimum Gasteiger partial charge on any atom is -0.235 e. The lowest BCUT2D eigenvalue weighted by atomic mass is 10.0. The third-order valence-electron chi connectivity index (χ3n) is 4.35. The molecule has 0 atom stereocenters. The second kappa shape index (κ2) is 7.37. The Bertz CT molecular complexity index is 1340. The first-order valence-electron chi connectivity index (χ1n) is 8.33. The predicted molar refractivity (Wildman–Crippen MR) is 109 cm³/mol. The smallest absolute Gasteiger partial charge is 0.210 e. The Labute approximate surface area is 175 Å². The summed E-state index contributed by atoms with van der Waals surface area (Å²) in [4.78, 5) is 3.31. The van der Waals surface area contributed by atoms with E-state index in [1.807, 2.05) is 0 Å². The summed E-state index contributed by atoms with van der Waals surface area (Å²) >= 11 is 12.3. The third-order valence-corrected chi connectivity index (χ3v) is 6.78. The molecule has 0 saturated carbocycles. The van der Waals surface area contributed by atoms with Crippen LogP contribution in [0, 0.1) is 11.6 Å². The van der Waals surface area contributed by atoms with E-state index in [1.54, 1.807) is 48.5 Å². The van der Waals surface area contributed by atoms with Crippen molar-refractivity contribution in [3.05, 3.63) is 88.5 Å². The lowest BCUT2D eigenvalue weighted by Gasteiger charge is -2.15. The highest BCUT2D eigenvalue weighted by Crippen LogP contribution is 2.40. The Balaban J connectivity index is 2.13. The Kier molecular flexibility index (Phi) is 5.02.